The highest BCUT2D eigenvalue weighted by Crippen LogP contribution is 2.34. The summed E-state index contributed by atoms with van der Waals surface area (Å²) in [5.74, 6) is -0.370. The summed E-state index contributed by atoms with van der Waals surface area (Å²) in [6.45, 7) is 1.76. The van der Waals surface area contributed by atoms with Crippen molar-refractivity contribution in [1.29, 1.82) is 0 Å². The van der Waals surface area contributed by atoms with Gasteiger partial charge in [-0.1, -0.05) is 6.07 Å². The lowest BCUT2D eigenvalue weighted by atomic mass is 9.98. The van der Waals surface area contributed by atoms with E-state index in [2.05, 4.69) is 21.2 Å². The van der Waals surface area contributed by atoms with Crippen molar-refractivity contribution >= 4 is 27.5 Å². The van der Waals surface area contributed by atoms with Gasteiger partial charge in [0.1, 0.15) is 0 Å². The first kappa shape index (κ1) is 16.4. The maximum absolute atomic E-state index is 11.3. The van der Waals surface area contributed by atoms with Gasteiger partial charge in [0.2, 0.25) is 11.7 Å². The maximum Gasteiger partial charge on any atom is 0.312 e. The molecule has 20 heavy (non-hydrogen) atoms. The predicted molar refractivity (Wildman–Crippen MR) is 77.6 cm³/mol. The van der Waals surface area contributed by atoms with Crippen LogP contribution in [0.3, 0.4) is 0 Å². The Balaban J connectivity index is 2.81. The number of nitrogens with one attached hydrogen (secondary N) is 1. The van der Waals surface area contributed by atoms with E-state index in [9.17, 15) is 14.9 Å². The number of ether oxygens (including phenoxy) is 1. The van der Waals surface area contributed by atoms with Gasteiger partial charge in [-0.25, -0.2) is 0 Å². The average Bonchev–Trinajstić information content (AvgIpc) is 2.39. The number of amides is 1. The number of para-hydroxylation sites is 1. The van der Waals surface area contributed by atoms with Crippen LogP contribution in [0.2, 0.25) is 0 Å². The third-order valence-corrected chi connectivity index (χ3v) is 3.71. The highest BCUT2D eigenvalue weighted by molar-refractivity contribution is 9.10. The van der Waals surface area contributed by atoms with Gasteiger partial charge >= 0.3 is 5.69 Å². The monoisotopic (exact) mass is 345 g/mol. The number of hydrogen-bond acceptors (Lipinski definition) is 5. The van der Waals surface area contributed by atoms with Crippen LogP contribution in [-0.2, 0) is 4.79 Å². The minimum atomic E-state index is -0.921. The molecule has 0 fully saturated rings. The van der Waals surface area contributed by atoms with Gasteiger partial charge in [0.25, 0.3) is 0 Å². The Kier molecular flexibility index (Phi) is 5.46. The van der Waals surface area contributed by atoms with Crippen LogP contribution in [0.25, 0.3) is 0 Å². The van der Waals surface area contributed by atoms with Crippen molar-refractivity contribution in [3.63, 3.8) is 0 Å². The molecule has 1 unspecified atom stereocenters. The number of carbonyl (C=O) groups is 1. The Morgan fingerprint density at radius 3 is 2.75 bits per heavy atom. The van der Waals surface area contributed by atoms with E-state index in [-0.39, 0.29) is 24.5 Å². The third-order valence-electron chi connectivity index (χ3n) is 3.09. The predicted octanol–water partition coefficient (Wildman–Crippen LogP) is 1.59. The Hall–Kier alpha value is -1.67. The Labute approximate surface area is 124 Å². The number of nitro benzene ring substituents is 1. The number of nitro groups is 1. The van der Waals surface area contributed by atoms with Gasteiger partial charge in [-0.05, 0) is 36.0 Å². The first-order valence-electron chi connectivity index (χ1n) is 5.86. The number of nitrogens with two attached hydrogens (primary N) is 1. The lowest BCUT2D eigenvalue weighted by Gasteiger charge is -2.25. The van der Waals surface area contributed by atoms with E-state index in [1.54, 1.807) is 26.1 Å². The molecule has 0 spiro atoms. The molecule has 0 aromatic heterocycles. The second-order valence-corrected chi connectivity index (χ2v) is 5.24. The molecule has 0 saturated heterocycles. The van der Waals surface area contributed by atoms with Crippen LogP contribution in [-0.4, -0.2) is 30.0 Å². The van der Waals surface area contributed by atoms with Gasteiger partial charge in [-0.15, -0.1) is 0 Å². The van der Waals surface area contributed by atoms with E-state index >= 15 is 0 Å². The zero-order valence-corrected chi connectivity index (χ0v) is 12.8. The van der Waals surface area contributed by atoms with Crippen molar-refractivity contribution in [2.24, 2.45) is 5.73 Å². The normalized spacial score (nSPS) is 13.6. The Morgan fingerprint density at radius 1 is 1.60 bits per heavy atom. The molecule has 8 heteroatoms. The summed E-state index contributed by atoms with van der Waals surface area (Å²) in [4.78, 5) is 21.7. The van der Waals surface area contributed by atoms with Crippen molar-refractivity contribution in [2.75, 3.05) is 13.7 Å². The summed E-state index contributed by atoms with van der Waals surface area (Å²) < 4.78 is 5.92. The molecule has 0 heterocycles. The van der Waals surface area contributed by atoms with E-state index in [4.69, 9.17) is 10.5 Å². The van der Waals surface area contributed by atoms with Crippen LogP contribution < -0.4 is 15.8 Å². The first-order chi connectivity index (χ1) is 9.31. The minimum Gasteiger partial charge on any atom is -0.486 e. The SMILES string of the molecule is CNC(C)(CCOc1c(Br)cccc1[N+](=O)[O-])C(N)=O. The van der Waals surface area contributed by atoms with E-state index in [0.717, 1.165) is 0 Å². The molecule has 0 aliphatic carbocycles. The molecule has 0 saturated carbocycles. The highest BCUT2D eigenvalue weighted by Gasteiger charge is 2.29. The third kappa shape index (κ3) is 3.67. The van der Waals surface area contributed by atoms with E-state index < -0.39 is 16.4 Å². The van der Waals surface area contributed by atoms with Crippen LogP contribution in [0.1, 0.15) is 13.3 Å². The number of halogens is 1. The molecular weight excluding hydrogens is 330 g/mol. The zero-order chi connectivity index (χ0) is 15.3. The standard InChI is InChI=1S/C12H16BrN3O4/c1-12(15-2,11(14)17)6-7-20-10-8(13)4-3-5-9(10)16(18)19/h3-5,15H,6-7H2,1-2H3,(H2,14,17). The molecule has 0 aliphatic rings. The summed E-state index contributed by atoms with van der Waals surface area (Å²) in [5, 5.41) is 13.7. The molecule has 0 radical (unpaired) electrons. The van der Waals surface area contributed by atoms with E-state index in [1.165, 1.54) is 6.07 Å². The second kappa shape index (κ2) is 6.67. The minimum absolute atomic E-state index is 0.115. The molecule has 110 valence electrons. The molecule has 7 nitrogen and oxygen atoms in total. The van der Waals surface area contributed by atoms with Gasteiger partial charge < -0.3 is 15.8 Å². The van der Waals surface area contributed by atoms with Crippen LogP contribution in [0.4, 0.5) is 5.69 Å². The second-order valence-electron chi connectivity index (χ2n) is 4.39. The maximum atomic E-state index is 11.3. The van der Waals surface area contributed by atoms with Gasteiger partial charge in [0.05, 0.1) is 21.5 Å². The number of likely N-dealkylation sites (N-methyl/N-ethyl adjacent to an activating group) is 1. The van der Waals surface area contributed by atoms with Crippen molar-refractivity contribution in [1.82, 2.24) is 5.32 Å². The van der Waals surface area contributed by atoms with Crippen molar-refractivity contribution in [3.05, 3.63) is 32.8 Å². The fourth-order valence-electron chi connectivity index (χ4n) is 1.51. The quantitative estimate of drug-likeness (QED) is 0.576. The number of primary amides is 1. The summed E-state index contributed by atoms with van der Waals surface area (Å²) in [5.41, 5.74) is 4.24. The van der Waals surface area contributed by atoms with Gasteiger partial charge in [-0.2, -0.15) is 0 Å². The van der Waals surface area contributed by atoms with Crippen molar-refractivity contribution in [3.8, 4) is 5.75 Å². The summed E-state index contributed by atoms with van der Waals surface area (Å²) in [7, 11) is 1.62. The topological polar surface area (TPSA) is 107 Å². The molecule has 1 aromatic carbocycles. The van der Waals surface area contributed by atoms with Crippen LogP contribution in [0.15, 0.2) is 22.7 Å². The lowest BCUT2D eigenvalue weighted by Crippen LogP contribution is -2.52. The highest BCUT2D eigenvalue weighted by atomic mass is 79.9. The van der Waals surface area contributed by atoms with Crippen LogP contribution in [0, 0.1) is 10.1 Å². The zero-order valence-electron chi connectivity index (χ0n) is 11.2. The summed E-state index contributed by atoms with van der Waals surface area (Å²) in [6, 6.07) is 4.55. The molecule has 1 atom stereocenters. The largest absolute Gasteiger partial charge is 0.486 e. The van der Waals surface area contributed by atoms with Crippen molar-refractivity contribution in [2.45, 2.75) is 18.9 Å². The summed E-state index contributed by atoms with van der Waals surface area (Å²) >= 11 is 3.21. The molecule has 1 rings (SSSR count). The van der Waals surface area contributed by atoms with E-state index in [1.807, 2.05) is 0 Å². The van der Waals surface area contributed by atoms with Crippen LogP contribution >= 0.6 is 15.9 Å². The fraction of sp³-hybridized carbons (Fsp3) is 0.417. The van der Waals surface area contributed by atoms with Gasteiger partial charge in [-0.3, -0.25) is 14.9 Å². The summed E-state index contributed by atoms with van der Waals surface area (Å²) in [6.07, 6.45) is 0.289. The van der Waals surface area contributed by atoms with Crippen LogP contribution in [0.5, 0.6) is 5.75 Å². The number of hydrogen-bond donors (Lipinski definition) is 2. The Bertz CT molecular complexity index is 523. The number of benzene rings is 1. The molecule has 3 N–H and O–H groups in total. The average molecular weight is 346 g/mol. The molecule has 0 bridgehead atoms. The number of nitrogens with zero attached hydrogens (tertiary/aromatic N) is 1. The lowest BCUT2D eigenvalue weighted by molar-refractivity contribution is -0.386. The molecular formula is C12H16BrN3O4. The Morgan fingerprint density at radius 2 is 2.25 bits per heavy atom. The molecule has 1 amide bonds. The van der Waals surface area contributed by atoms with Crippen molar-refractivity contribution < 1.29 is 14.5 Å². The fourth-order valence-corrected chi connectivity index (χ4v) is 1.98. The number of carbonyl (C=O) groups excluding carboxylic acids is 1. The first-order valence-corrected chi connectivity index (χ1v) is 6.65. The molecule has 1 aromatic rings. The van der Waals surface area contributed by atoms with Gasteiger partial charge in [0.15, 0.2) is 0 Å². The van der Waals surface area contributed by atoms with E-state index in [0.29, 0.717) is 4.47 Å². The smallest absolute Gasteiger partial charge is 0.312 e. The number of rotatable bonds is 7. The van der Waals surface area contributed by atoms with Gasteiger partial charge in [0, 0.05) is 12.5 Å². The molecule has 0 aliphatic heterocycles.